The monoisotopic (exact) mass is 241 g/mol. The summed E-state index contributed by atoms with van der Waals surface area (Å²) in [4.78, 5) is 0. The molecule has 0 heterocycles. The van der Waals surface area contributed by atoms with Crippen LogP contribution in [0, 0.1) is 17.8 Å². The van der Waals surface area contributed by atoms with Crippen molar-refractivity contribution < 1.29 is 9.47 Å². The van der Waals surface area contributed by atoms with Gasteiger partial charge in [-0.15, -0.1) is 0 Å². The molecule has 2 saturated carbocycles. The highest BCUT2D eigenvalue weighted by molar-refractivity contribution is 4.94. The van der Waals surface area contributed by atoms with E-state index in [1.807, 2.05) is 0 Å². The molecule has 5 unspecified atom stereocenters. The standard InChI is InChI=1S/C14H27NO2/c1-9(15-10(2)14(16-3)17-4)13-8-11-5-6-12(13)7-11/h9-15H,5-8H2,1-4H3. The highest BCUT2D eigenvalue weighted by Gasteiger charge is 2.42. The fraction of sp³-hybridized carbons (Fsp3) is 1.00. The second-order valence-corrected chi connectivity index (χ2v) is 5.92. The first-order valence-electron chi connectivity index (χ1n) is 6.97. The Balaban J connectivity index is 1.82. The van der Waals surface area contributed by atoms with Crippen LogP contribution in [0.15, 0.2) is 0 Å². The zero-order chi connectivity index (χ0) is 12.4. The minimum atomic E-state index is -0.143. The maximum atomic E-state index is 5.30. The summed E-state index contributed by atoms with van der Waals surface area (Å²) in [5, 5.41) is 3.66. The van der Waals surface area contributed by atoms with E-state index < -0.39 is 0 Å². The van der Waals surface area contributed by atoms with Crippen LogP contribution in [0.4, 0.5) is 0 Å². The van der Waals surface area contributed by atoms with Crippen LogP contribution in [0.1, 0.15) is 39.5 Å². The van der Waals surface area contributed by atoms with E-state index in [9.17, 15) is 0 Å². The van der Waals surface area contributed by atoms with Crippen LogP contribution in [-0.2, 0) is 9.47 Å². The Morgan fingerprint density at radius 1 is 1.06 bits per heavy atom. The molecule has 0 spiro atoms. The fourth-order valence-electron chi connectivity index (χ4n) is 4.03. The van der Waals surface area contributed by atoms with Crippen LogP contribution < -0.4 is 5.32 Å². The number of rotatable bonds is 6. The van der Waals surface area contributed by atoms with Gasteiger partial charge in [-0.2, -0.15) is 0 Å². The number of hydrogen-bond donors (Lipinski definition) is 1. The predicted octanol–water partition coefficient (Wildman–Crippen LogP) is 2.41. The van der Waals surface area contributed by atoms with Crippen LogP contribution in [0.25, 0.3) is 0 Å². The first kappa shape index (κ1) is 13.3. The van der Waals surface area contributed by atoms with Crippen molar-refractivity contribution in [3.05, 3.63) is 0 Å². The Labute approximate surface area is 105 Å². The zero-order valence-electron chi connectivity index (χ0n) is 11.6. The van der Waals surface area contributed by atoms with Crippen LogP contribution in [-0.4, -0.2) is 32.6 Å². The molecule has 2 bridgehead atoms. The third-order valence-electron chi connectivity index (χ3n) is 4.83. The summed E-state index contributed by atoms with van der Waals surface area (Å²) in [6, 6.07) is 0.826. The topological polar surface area (TPSA) is 30.5 Å². The summed E-state index contributed by atoms with van der Waals surface area (Å²) >= 11 is 0. The molecule has 100 valence electrons. The lowest BCUT2D eigenvalue weighted by Gasteiger charge is -2.32. The van der Waals surface area contributed by atoms with Crippen molar-refractivity contribution in [3.8, 4) is 0 Å². The first-order valence-corrected chi connectivity index (χ1v) is 6.97. The van der Waals surface area contributed by atoms with Crippen LogP contribution >= 0.6 is 0 Å². The van der Waals surface area contributed by atoms with Crippen molar-refractivity contribution in [1.82, 2.24) is 5.32 Å². The van der Waals surface area contributed by atoms with Crippen LogP contribution in [0.2, 0.25) is 0 Å². The Hall–Kier alpha value is -0.120. The molecule has 0 amide bonds. The third-order valence-corrected chi connectivity index (χ3v) is 4.83. The van der Waals surface area contributed by atoms with Gasteiger partial charge in [0.05, 0.1) is 6.04 Å². The normalized spacial score (nSPS) is 35.5. The number of nitrogens with one attached hydrogen (secondary N) is 1. The molecule has 17 heavy (non-hydrogen) atoms. The van der Waals surface area contributed by atoms with E-state index in [1.54, 1.807) is 14.2 Å². The molecule has 0 aliphatic heterocycles. The highest BCUT2D eigenvalue weighted by atomic mass is 16.7. The van der Waals surface area contributed by atoms with Gasteiger partial charge in [0, 0.05) is 20.3 Å². The summed E-state index contributed by atoms with van der Waals surface area (Å²) in [6.07, 6.45) is 5.69. The average Bonchev–Trinajstić information content (AvgIpc) is 2.92. The Morgan fingerprint density at radius 3 is 2.24 bits per heavy atom. The lowest BCUT2D eigenvalue weighted by Crippen LogP contribution is -2.47. The van der Waals surface area contributed by atoms with E-state index in [1.165, 1.54) is 25.7 Å². The summed E-state index contributed by atoms with van der Waals surface area (Å²) < 4.78 is 10.6. The van der Waals surface area contributed by atoms with Gasteiger partial charge in [-0.25, -0.2) is 0 Å². The lowest BCUT2D eigenvalue weighted by atomic mass is 9.84. The van der Waals surface area contributed by atoms with Crippen molar-refractivity contribution in [2.45, 2.75) is 57.9 Å². The minimum Gasteiger partial charge on any atom is -0.354 e. The predicted molar refractivity (Wildman–Crippen MR) is 68.8 cm³/mol. The van der Waals surface area contributed by atoms with Gasteiger partial charge in [0.25, 0.3) is 0 Å². The molecule has 3 nitrogen and oxygen atoms in total. The van der Waals surface area contributed by atoms with Gasteiger partial charge in [0.1, 0.15) is 0 Å². The summed E-state index contributed by atoms with van der Waals surface area (Å²) in [7, 11) is 3.41. The van der Waals surface area contributed by atoms with Gasteiger partial charge in [-0.3, -0.25) is 0 Å². The van der Waals surface area contributed by atoms with Gasteiger partial charge < -0.3 is 14.8 Å². The van der Waals surface area contributed by atoms with E-state index in [0.29, 0.717) is 6.04 Å². The van der Waals surface area contributed by atoms with E-state index in [0.717, 1.165) is 17.8 Å². The molecular formula is C14H27NO2. The maximum Gasteiger partial charge on any atom is 0.171 e. The van der Waals surface area contributed by atoms with Crippen molar-refractivity contribution in [2.75, 3.05) is 14.2 Å². The number of ether oxygens (including phenoxy) is 2. The Morgan fingerprint density at radius 2 is 1.76 bits per heavy atom. The smallest absolute Gasteiger partial charge is 0.171 e. The second-order valence-electron chi connectivity index (χ2n) is 5.92. The fourth-order valence-corrected chi connectivity index (χ4v) is 4.03. The zero-order valence-corrected chi connectivity index (χ0v) is 11.6. The molecule has 0 aromatic carbocycles. The Kier molecular flexibility index (Phi) is 4.45. The molecule has 2 aliphatic carbocycles. The summed E-state index contributed by atoms with van der Waals surface area (Å²) in [5.41, 5.74) is 0. The molecule has 5 atom stereocenters. The highest BCUT2D eigenvalue weighted by Crippen LogP contribution is 2.49. The summed E-state index contributed by atoms with van der Waals surface area (Å²) in [6.45, 7) is 4.46. The van der Waals surface area contributed by atoms with Gasteiger partial charge in [0.15, 0.2) is 6.29 Å². The molecule has 0 radical (unpaired) electrons. The van der Waals surface area contributed by atoms with Crippen molar-refractivity contribution in [2.24, 2.45) is 17.8 Å². The number of fused-ring (bicyclic) bond motifs is 2. The quantitative estimate of drug-likeness (QED) is 0.724. The average molecular weight is 241 g/mol. The maximum absolute atomic E-state index is 5.30. The minimum absolute atomic E-state index is 0.143. The largest absolute Gasteiger partial charge is 0.354 e. The SMILES string of the molecule is COC(OC)C(C)NC(C)C1CC2CCC1C2. The van der Waals surface area contributed by atoms with Gasteiger partial charge in [-0.1, -0.05) is 6.42 Å². The Bertz CT molecular complexity index is 242. The molecule has 0 aromatic rings. The number of hydrogen-bond acceptors (Lipinski definition) is 3. The van der Waals surface area contributed by atoms with Gasteiger partial charge in [-0.05, 0) is 50.9 Å². The van der Waals surface area contributed by atoms with Crippen LogP contribution in [0.3, 0.4) is 0 Å². The molecule has 0 saturated heterocycles. The number of methoxy groups -OCH3 is 2. The van der Waals surface area contributed by atoms with E-state index in [4.69, 9.17) is 9.47 Å². The summed E-state index contributed by atoms with van der Waals surface area (Å²) in [5.74, 6) is 2.86. The molecule has 3 heteroatoms. The van der Waals surface area contributed by atoms with E-state index in [2.05, 4.69) is 19.2 Å². The van der Waals surface area contributed by atoms with E-state index in [-0.39, 0.29) is 12.3 Å². The van der Waals surface area contributed by atoms with Gasteiger partial charge in [0.2, 0.25) is 0 Å². The van der Waals surface area contributed by atoms with Crippen molar-refractivity contribution in [3.63, 3.8) is 0 Å². The lowest BCUT2D eigenvalue weighted by molar-refractivity contribution is -0.121. The molecule has 2 fully saturated rings. The second kappa shape index (κ2) is 5.68. The molecular weight excluding hydrogens is 214 g/mol. The van der Waals surface area contributed by atoms with Crippen molar-refractivity contribution in [1.29, 1.82) is 0 Å². The molecule has 2 aliphatic rings. The van der Waals surface area contributed by atoms with Crippen LogP contribution in [0.5, 0.6) is 0 Å². The molecule has 2 rings (SSSR count). The van der Waals surface area contributed by atoms with Gasteiger partial charge >= 0.3 is 0 Å². The first-order chi connectivity index (χ1) is 8.15. The molecule has 1 N–H and O–H groups in total. The third kappa shape index (κ3) is 2.83. The van der Waals surface area contributed by atoms with Crippen molar-refractivity contribution >= 4 is 0 Å². The molecule has 0 aromatic heterocycles. The van der Waals surface area contributed by atoms with E-state index >= 15 is 0 Å².